The first-order chi connectivity index (χ1) is 8.08. The number of nitrogens with two attached hydrogens (primary N) is 1. The van der Waals surface area contributed by atoms with Crippen LogP contribution in [-0.2, 0) is 4.79 Å². The molecular formula is C14H24N2O. The minimum atomic E-state index is -0.128. The van der Waals surface area contributed by atoms with Crippen LogP contribution in [0.2, 0.25) is 0 Å². The summed E-state index contributed by atoms with van der Waals surface area (Å²) >= 11 is 0. The fourth-order valence-electron chi connectivity index (χ4n) is 3.21. The lowest BCUT2D eigenvalue weighted by atomic mass is 9.80. The lowest BCUT2D eigenvalue weighted by Gasteiger charge is -2.32. The second-order valence-electron chi connectivity index (χ2n) is 5.76. The molecule has 0 aromatic rings. The van der Waals surface area contributed by atoms with Gasteiger partial charge in [0.1, 0.15) is 0 Å². The summed E-state index contributed by atoms with van der Waals surface area (Å²) in [5.74, 6) is 1.40. The van der Waals surface area contributed by atoms with E-state index in [1.54, 1.807) is 0 Å². The van der Waals surface area contributed by atoms with Crippen molar-refractivity contribution in [2.24, 2.45) is 23.5 Å². The van der Waals surface area contributed by atoms with E-state index < -0.39 is 0 Å². The van der Waals surface area contributed by atoms with Gasteiger partial charge < -0.3 is 10.6 Å². The SMILES string of the molecule is CC1=CCC[C@H](C)[C@@H]1CN1CC[C@@H](C(N)=O)C1. The fourth-order valence-corrected chi connectivity index (χ4v) is 3.21. The van der Waals surface area contributed by atoms with Crippen LogP contribution in [0.1, 0.15) is 33.1 Å². The molecule has 0 spiro atoms. The number of hydrogen-bond donors (Lipinski definition) is 1. The molecule has 17 heavy (non-hydrogen) atoms. The normalized spacial score (nSPS) is 34.7. The van der Waals surface area contributed by atoms with Gasteiger partial charge in [-0.3, -0.25) is 4.79 Å². The van der Waals surface area contributed by atoms with Crippen LogP contribution in [0.5, 0.6) is 0 Å². The largest absolute Gasteiger partial charge is 0.369 e. The van der Waals surface area contributed by atoms with E-state index in [1.807, 2.05) is 0 Å². The van der Waals surface area contributed by atoms with E-state index in [0.717, 1.165) is 32.0 Å². The predicted octanol–water partition coefficient (Wildman–Crippen LogP) is 1.79. The molecule has 1 aliphatic heterocycles. The first kappa shape index (κ1) is 12.6. The minimum Gasteiger partial charge on any atom is -0.369 e. The highest BCUT2D eigenvalue weighted by atomic mass is 16.1. The summed E-state index contributed by atoms with van der Waals surface area (Å²) in [5.41, 5.74) is 6.90. The fraction of sp³-hybridized carbons (Fsp3) is 0.786. The third-order valence-corrected chi connectivity index (χ3v) is 4.49. The second kappa shape index (κ2) is 5.21. The molecule has 0 aromatic carbocycles. The van der Waals surface area contributed by atoms with Crippen molar-refractivity contribution in [1.82, 2.24) is 4.90 Å². The summed E-state index contributed by atoms with van der Waals surface area (Å²) in [5, 5.41) is 0. The minimum absolute atomic E-state index is 0.0817. The van der Waals surface area contributed by atoms with Crippen molar-refractivity contribution >= 4 is 5.91 Å². The van der Waals surface area contributed by atoms with Gasteiger partial charge in [0.05, 0.1) is 5.92 Å². The Hall–Kier alpha value is -0.830. The van der Waals surface area contributed by atoms with E-state index in [4.69, 9.17) is 5.73 Å². The highest BCUT2D eigenvalue weighted by Gasteiger charge is 2.30. The van der Waals surface area contributed by atoms with Crippen LogP contribution in [0.15, 0.2) is 11.6 Å². The van der Waals surface area contributed by atoms with Gasteiger partial charge in [-0.1, -0.05) is 18.6 Å². The van der Waals surface area contributed by atoms with Gasteiger partial charge in [-0.15, -0.1) is 0 Å². The van der Waals surface area contributed by atoms with E-state index in [0.29, 0.717) is 5.92 Å². The number of rotatable bonds is 3. The van der Waals surface area contributed by atoms with E-state index in [-0.39, 0.29) is 11.8 Å². The molecule has 2 N–H and O–H groups in total. The van der Waals surface area contributed by atoms with Crippen LogP contribution >= 0.6 is 0 Å². The number of primary amides is 1. The Morgan fingerprint density at radius 2 is 2.29 bits per heavy atom. The van der Waals surface area contributed by atoms with E-state index in [2.05, 4.69) is 24.8 Å². The van der Waals surface area contributed by atoms with Gasteiger partial charge in [0.2, 0.25) is 5.91 Å². The average Bonchev–Trinajstić information content (AvgIpc) is 2.72. The van der Waals surface area contributed by atoms with E-state index in [9.17, 15) is 4.79 Å². The van der Waals surface area contributed by atoms with Gasteiger partial charge in [-0.25, -0.2) is 0 Å². The number of likely N-dealkylation sites (tertiary alicyclic amines) is 1. The van der Waals surface area contributed by atoms with E-state index in [1.165, 1.54) is 18.4 Å². The summed E-state index contributed by atoms with van der Waals surface area (Å²) in [4.78, 5) is 13.6. The van der Waals surface area contributed by atoms with Crippen molar-refractivity contribution < 1.29 is 4.79 Å². The summed E-state index contributed by atoms with van der Waals surface area (Å²) in [6.45, 7) is 7.61. The van der Waals surface area contributed by atoms with Crippen LogP contribution in [-0.4, -0.2) is 30.4 Å². The molecule has 2 rings (SSSR count). The molecule has 1 fully saturated rings. The van der Waals surface area contributed by atoms with Gasteiger partial charge in [0.15, 0.2) is 0 Å². The Bertz CT molecular complexity index is 324. The van der Waals surface area contributed by atoms with Gasteiger partial charge in [0, 0.05) is 13.1 Å². The Kier molecular flexibility index (Phi) is 3.87. The summed E-state index contributed by atoms with van der Waals surface area (Å²) in [6.07, 6.45) is 5.86. The molecule has 0 bridgehead atoms. The third-order valence-electron chi connectivity index (χ3n) is 4.49. The molecule has 2 aliphatic rings. The number of carbonyl (C=O) groups is 1. The molecule has 3 atom stereocenters. The molecular weight excluding hydrogens is 212 g/mol. The third kappa shape index (κ3) is 2.89. The number of allylic oxidation sites excluding steroid dienone is 1. The molecule has 0 radical (unpaired) electrons. The Labute approximate surface area is 104 Å². The molecule has 1 heterocycles. The number of hydrogen-bond acceptors (Lipinski definition) is 2. The van der Waals surface area contributed by atoms with Gasteiger partial charge in [-0.2, -0.15) is 0 Å². The summed E-state index contributed by atoms with van der Waals surface area (Å²) < 4.78 is 0. The highest BCUT2D eigenvalue weighted by Crippen LogP contribution is 2.31. The first-order valence-electron chi connectivity index (χ1n) is 6.76. The lowest BCUT2D eigenvalue weighted by molar-refractivity contribution is -0.121. The molecule has 3 heteroatoms. The van der Waals surface area contributed by atoms with Crippen LogP contribution in [0.25, 0.3) is 0 Å². The van der Waals surface area contributed by atoms with Crippen molar-refractivity contribution in [2.45, 2.75) is 33.1 Å². The number of carbonyl (C=O) groups excluding carboxylic acids is 1. The molecule has 0 unspecified atom stereocenters. The Balaban J connectivity index is 1.91. The highest BCUT2D eigenvalue weighted by molar-refractivity contribution is 5.77. The Morgan fingerprint density at radius 1 is 1.53 bits per heavy atom. The van der Waals surface area contributed by atoms with Gasteiger partial charge >= 0.3 is 0 Å². The van der Waals surface area contributed by atoms with Crippen LogP contribution in [0.3, 0.4) is 0 Å². The first-order valence-corrected chi connectivity index (χ1v) is 6.76. The molecule has 1 amide bonds. The van der Waals surface area contributed by atoms with Crippen LogP contribution in [0, 0.1) is 17.8 Å². The maximum absolute atomic E-state index is 11.2. The van der Waals surface area contributed by atoms with Crippen LogP contribution < -0.4 is 5.73 Å². The van der Waals surface area contributed by atoms with Crippen molar-refractivity contribution in [1.29, 1.82) is 0 Å². The van der Waals surface area contributed by atoms with Crippen molar-refractivity contribution in [3.8, 4) is 0 Å². The van der Waals surface area contributed by atoms with E-state index >= 15 is 0 Å². The quantitative estimate of drug-likeness (QED) is 0.759. The van der Waals surface area contributed by atoms with Gasteiger partial charge in [-0.05, 0) is 44.6 Å². The van der Waals surface area contributed by atoms with Gasteiger partial charge in [0.25, 0.3) is 0 Å². The number of amides is 1. The standard InChI is InChI=1S/C14H24N2O/c1-10-4-3-5-11(2)13(10)9-16-7-6-12(8-16)14(15)17/h4,11-13H,3,5-9H2,1-2H3,(H2,15,17)/t11-,12+,13+/m0/s1. The zero-order chi connectivity index (χ0) is 12.4. The molecule has 0 aromatic heterocycles. The van der Waals surface area contributed by atoms with Crippen molar-refractivity contribution in [3.05, 3.63) is 11.6 Å². The lowest BCUT2D eigenvalue weighted by Crippen LogP contribution is -2.34. The summed E-state index contributed by atoms with van der Waals surface area (Å²) in [6, 6.07) is 0. The number of nitrogens with zero attached hydrogens (tertiary/aromatic N) is 1. The molecule has 0 saturated carbocycles. The zero-order valence-electron chi connectivity index (χ0n) is 11.0. The molecule has 1 aliphatic carbocycles. The van der Waals surface area contributed by atoms with Crippen molar-refractivity contribution in [2.75, 3.05) is 19.6 Å². The second-order valence-corrected chi connectivity index (χ2v) is 5.76. The summed E-state index contributed by atoms with van der Waals surface area (Å²) in [7, 11) is 0. The average molecular weight is 236 g/mol. The smallest absolute Gasteiger partial charge is 0.221 e. The molecule has 96 valence electrons. The monoisotopic (exact) mass is 236 g/mol. The van der Waals surface area contributed by atoms with Crippen LogP contribution in [0.4, 0.5) is 0 Å². The van der Waals surface area contributed by atoms with Crippen molar-refractivity contribution in [3.63, 3.8) is 0 Å². The topological polar surface area (TPSA) is 46.3 Å². The predicted molar refractivity (Wildman–Crippen MR) is 69.4 cm³/mol. The Morgan fingerprint density at radius 3 is 2.88 bits per heavy atom. The maximum Gasteiger partial charge on any atom is 0.221 e. The molecule has 1 saturated heterocycles. The zero-order valence-corrected chi connectivity index (χ0v) is 11.0. The maximum atomic E-state index is 11.2. The molecule has 3 nitrogen and oxygen atoms in total.